The number of amides is 1. The lowest BCUT2D eigenvalue weighted by Crippen LogP contribution is -2.34. The summed E-state index contributed by atoms with van der Waals surface area (Å²) in [6.45, 7) is 6.49. The van der Waals surface area contributed by atoms with E-state index in [1.807, 2.05) is 0 Å². The third-order valence-corrected chi connectivity index (χ3v) is 2.06. The van der Waals surface area contributed by atoms with Crippen LogP contribution in [0.3, 0.4) is 0 Å². The molecule has 0 rings (SSSR count). The van der Waals surface area contributed by atoms with Crippen LogP contribution in [0, 0.1) is 0 Å². The highest BCUT2D eigenvalue weighted by Crippen LogP contribution is 1.96. The van der Waals surface area contributed by atoms with Crippen molar-refractivity contribution in [3.8, 4) is 0 Å². The van der Waals surface area contributed by atoms with E-state index in [2.05, 4.69) is 24.5 Å². The van der Waals surface area contributed by atoms with Crippen molar-refractivity contribution in [2.45, 2.75) is 46.0 Å². The van der Waals surface area contributed by atoms with E-state index in [1.54, 1.807) is 0 Å². The Labute approximate surface area is 87.6 Å². The number of nitrogens with one attached hydrogen (secondary N) is 2. The third-order valence-electron chi connectivity index (χ3n) is 2.06. The molecule has 0 heterocycles. The van der Waals surface area contributed by atoms with Crippen LogP contribution in [-0.2, 0) is 4.79 Å². The molecule has 0 saturated heterocycles. The summed E-state index contributed by atoms with van der Waals surface area (Å²) in [5, 5.41) is 5.97. The fourth-order valence-electron chi connectivity index (χ4n) is 1.22. The Morgan fingerprint density at radius 3 is 2.43 bits per heavy atom. The molecule has 0 aliphatic carbocycles. The van der Waals surface area contributed by atoms with Crippen LogP contribution in [0.15, 0.2) is 0 Å². The van der Waals surface area contributed by atoms with Crippen molar-refractivity contribution in [1.82, 2.24) is 10.6 Å². The van der Waals surface area contributed by atoms with Crippen LogP contribution in [0.2, 0.25) is 0 Å². The van der Waals surface area contributed by atoms with Gasteiger partial charge in [-0.25, -0.2) is 0 Å². The van der Waals surface area contributed by atoms with Crippen molar-refractivity contribution in [3.63, 3.8) is 0 Å². The molecule has 0 bridgehead atoms. The molecule has 1 amide bonds. The van der Waals surface area contributed by atoms with Crippen LogP contribution in [0.25, 0.3) is 0 Å². The van der Waals surface area contributed by atoms with Gasteiger partial charge in [0.2, 0.25) is 5.91 Å². The van der Waals surface area contributed by atoms with E-state index < -0.39 is 0 Å². The molecule has 0 radical (unpaired) electrons. The highest BCUT2D eigenvalue weighted by atomic mass is 16.1. The second kappa shape index (κ2) is 10.5. The maximum absolute atomic E-state index is 11.2. The first-order valence-electron chi connectivity index (χ1n) is 5.78. The number of rotatable bonds is 9. The summed E-state index contributed by atoms with van der Waals surface area (Å²) in [7, 11) is 0. The van der Waals surface area contributed by atoms with Crippen molar-refractivity contribution >= 4 is 5.91 Å². The van der Waals surface area contributed by atoms with Crippen LogP contribution in [0.5, 0.6) is 0 Å². The Kier molecular flexibility index (Phi) is 10.1. The lowest BCUT2D eigenvalue weighted by Gasteiger charge is -2.05. The standard InChI is InChI=1S/C11H24N2O/c1-3-5-6-7-9-13-11(14)10-12-8-4-2/h12H,3-10H2,1-2H3,(H,13,14). The summed E-state index contributed by atoms with van der Waals surface area (Å²) in [5.74, 6) is 0.120. The molecule has 0 spiro atoms. The summed E-state index contributed by atoms with van der Waals surface area (Å²) in [6.07, 6.45) is 5.91. The van der Waals surface area contributed by atoms with Gasteiger partial charge in [0.1, 0.15) is 0 Å². The Bertz CT molecular complexity index is 137. The Morgan fingerprint density at radius 1 is 1.00 bits per heavy atom. The molecule has 3 nitrogen and oxygen atoms in total. The highest BCUT2D eigenvalue weighted by Gasteiger charge is 1.97. The van der Waals surface area contributed by atoms with Gasteiger partial charge in [-0.05, 0) is 19.4 Å². The second-order valence-corrected chi connectivity index (χ2v) is 3.59. The van der Waals surface area contributed by atoms with Gasteiger partial charge in [0.25, 0.3) is 0 Å². The van der Waals surface area contributed by atoms with Crippen LogP contribution in [-0.4, -0.2) is 25.5 Å². The minimum absolute atomic E-state index is 0.120. The molecule has 84 valence electrons. The SMILES string of the molecule is CCCCCCNC(=O)CNCCC. The first-order valence-corrected chi connectivity index (χ1v) is 5.78. The quantitative estimate of drug-likeness (QED) is 0.556. The van der Waals surface area contributed by atoms with Crippen LogP contribution < -0.4 is 10.6 Å². The van der Waals surface area contributed by atoms with E-state index >= 15 is 0 Å². The van der Waals surface area contributed by atoms with Crippen molar-refractivity contribution < 1.29 is 4.79 Å². The molecule has 0 aromatic carbocycles. The number of carbonyl (C=O) groups is 1. The minimum atomic E-state index is 0.120. The largest absolute Gasteiger partial charge is 0.355 e. The van der Waals surface area contributed by atoms with E-state index in [4.69, 9.17) is 0 Å². The maximum Gasteiger partial charge on any atom is 0.233 e. The molecule has 0 unspecified atom stereocenters. The van der Waals surface area contributed by atoms with Crippen LogP contribution in [0.4, 0.5) is 0 Å². The van der Waals surface area contributed by atoms with E-state index in [1.165, 1.54) is 19.3 Å². The molecule has 0 aliphatic heterocycles. The van der Waals surface area contributed by atoms with Gasteiger partial charge < -0.3 is 10.6 Å². The molecule has 0 aromatic rings. The molecule has 0 saturated carbocycles. The van der Waals surface area contributed by atoms with Crippen LogP contribution >= 0.6 is 0 Å². The van der Waals surface area contributed by atoms with E-state index in [0.717, 1.165) is 25.9 Å². The van der Waals surface area contributed by atoms with E-state index in [9.17, 15) is 4.79 Å². The average Bonchev–Trinajstić information content (AvgIpc) is 2.18. The summed E-state index contributed by atoms with van der Waals surface area (Å²) in [6, 6.07) is 0. The van der Waals surface area contributed by atoms with Gasteiger partial charge >= 0.3 is 0 Å². The molecular formula is C11H24N2O. The van der Waals surface area contributed by atoms with Gasteiger partial charge in [-0.1, -0.05) is 33.1 Å². The number of hydrogen-bond acceptors (Lipinski definition) is 2. The molecule has 14 heavy (non-hydrogen) atoms. The van der Waals surface area contributed by atoms with Gasteiger partial charge in [0, 0.05) is 6.54 Å². The predicted molar refractivity (Wildman–Crippen MR) is 60.3 cm³/mol. The molecule has 0 aromatic heterocycles. The van der Waals surface area contributed by atoms with Gasteiger partial charge in [-0.3, -0.25) is 4.79 Å². The summed E-state index contributed by atoms with van der Waals surface area (Å²) < 4.78 is 0. The molecule has 3 heteroatoms. The van der Waals surface area contributed by atoms with E-state index in [0.29, 0.717) is 6.54 Å². The van der Waals surface area contributed by atoms with Crippen molar-refractivity contribution in [1.29, 1.82) is 0 Å². The second-order valence-electron chi connectivity index (χ2n) is 3.59. The number of unbranched alkanes of at least 4 members (excludes halogenated alkanes) is 3. The number of carbonyl (C=O) groups excluding carboxylic acids is 1. The van der Waals surface area contributed by atoms with Crippen LogP contribution in [0.1, 0.15) is 46.0 Å². The topological polar surface area (TPSA) is 41.1 Å². The Balaban J connectivity index is 3.10. The van der Waals surface area contributed by atoms with E-state index in [-0.39, 0.29) is 5.91 Å². The number of hydrogen-bond donors (Lipinski definition) is 2. The fraction of sp³-hybridized carbons (Fsp3) is 0.909. The normalized spacial score (nSPS) is 10.1. The zero-order valence-electron chi connectivity index (χ0n) is 9.57. The zero-order valence-corrected chi connectivity index (χ0v) is 9.57. The maximum atomic E-state index is 11.2. The lowest BCUT2D eigenvalue weighted by atomic mass is 10.2. The fourth-order valence-corrected chi connectivity index (χ4v) is 1.22. The Hall–Kier alpha value is -0.570. The third kappa shape index (κ3) is 9.52. The molecule has 0 aliphatic rings. The smallest absolute Gasteiger partial charge is 0.233 e. The minimum Gasteiger partial charge on any atom is -0.355 e. The first kappa shape index (κ1) is 13.4. The summed E-state index contributed by atoms with van der Waals surface area (Å²) in [4.78, 5) is 11.2. The van der Waals surface area contributed by atoms with Gasteiger partial charge in [-0.15, -0.1) is 0 Å². The molecule has 0 atom stereocenters. The highest BCUT2D eigenvalue weighted by molar-refractivity contribution is 5.77. The van der Waals surface area contributed by atoms with Gasteiger partial charge in [0.05, 0.1) is 6.54 Å². The van der Waals surface area contributed by atoms with Gasteiger partial charge in [-0.2, -0.15) is 0 Å². The van der Waals surface area contributed by atoms with Gasteiger partial charge in [0.15, 0.2) is 0 Å². The monoisotopic (exact) mass is 200 g/mol. The summed E-state index contributed by atoms with van der Waals surface area (Å²) in [5.41, 5.74) is 0. The summed E-state index contributed by atoms with van der Waals surface area (Å²) >= 11 is 0. The predicted octanol–water partition coefficient (Wildman–Crippen LogP) is 1.68. The van der Waals surface area contributed by atoms with Crippen molar-refractivity contribution in [2.75, 3.05) is 19.6 Å². The Morgan fingerprint density at radius 2 is 1.79 bits per heavy atom. The lowest BCUT2D eigenvalue weighted by molar-refractivity contribution is -0.120. The van der Waals surface area contributed by atoms with Crippen molar-refractivity contribution in [2.24, 2.45) is 0 Å². The first-order chi connectivity index (χ1) is 6.81. The van der Waals surface area contributed by atoms with Crippen molar-refractivity contribution in [3.05, 3.63) is 0 Å². The molecule has 2 N–H and O–H groups in total. The average molecular weight is 200 g/mol. The zero-order chi connectivity index (χ0) is 10.6. The molecular weight excluding hydrogens is 176 g/mol. The molecule has 0 fully saturated rings.